The Hall–Kier alpha value is -3.20. The number of hydrogen-bond acceptors (Lipinski definition) is 5. The van der Waals surface area contributed by atoms with E-state index in [9.17, 15) is 14.9 Å². The van der Waals surface area contributed by atoms with Crippen molar-refractivity contribution in [1.82, 2.24) is 19.6 Å². The summed E-state index contributed by atoms with van der Waals surface area (Å²) in [4.78, 5) is 22.0. The fraction of sp³-hybridized carbons (Fsp3) is 0.133. The second kappa shape index (κ2) is 7.14. The van der Waals surface area contributed by atoms with Gasteiger partial charge in [-0.3, -0.25) is 24.3 Å². The number of carbonyl (C=O) groups excluding carboxylic acids is 1. The molecule has 9 nitrogen and oxygen atoms in total. The van der Waals surface area contributed by atoms with Crippen LogP contribution in [0.5, 0.6) is 0 Å². The van der Waals surface area contributed by atoms with Crippen molar-refractivity contribution in [3.05, 3.63) is 69.8 Å². The van der Waals surface area contributed by atoms with Gasteiger partial charge < -0.3 is 5.32 Å². The van der Waals surface area contributed by atoms with E-state index in [4.69, 9.17) is 11.6 Å². The molecule has 3 rings (SSSR count). The Labute approximate surface area is 147 Å². The third kappa shape index (κ3) is 4.42. The Morgan fingerprint density at radius 3 is 2.56 bits per heavy atom. The molecule has 0 unspecified atom stereocenters. The molecule has 0 saturated carbocycles. The van der Waals surface area contributed by atoms with Gasteiger partial charge in [0.1, 0.15) is 18.9 Å². The molecule has 128 valence electrons. The fourth-order valence-corrected chi connectivity index (χ4v) is 2.30. The van der Waals surface area contributed by atoms with Crippen molar-refractivity contribution in [3.63, 3.8) is 0 Å². The highest BCUT2D eigenvalue weighted by Crippen LogP contribution is 2.12. The van der Waals surface area contributed by atoms with Gasteiger partial charge >= 0.3 is 5.69 Å². The minimum atomic E-state index is -0.567. The number of rotatable bonds is 6. The first-order valence-corrected chi connectivity index (χ1v) is 7.61. The zero-order valence-corrected chi connectivity index (χ0v) is 13.6. The number of carbonyl (C=O) groups is 1. The van der Waals surface area contributed by atoms with Gasteiger partial charge in [-0.25, -0.2) is 0 Å². The minimum Gasteiger partial charge on any atom is -0.322 e. The smallest absolute Gasteiger partial charge is 0.307 e. The van der Waals surface area contributed by atoms with E-state index in [1.807, 2.05) is 12.1 Å². The maximum atomic E-state index is 12.0. The van der Waals surface area contributed by atoms with E-state index in [2.05, 4.69) is 15.5 Å². The Kier molecular flexibility index (Phi) is 4.75. The van der Waals surface area contributed by atoms with Crippen LogP contribution in [0.4, 0.5) is 11.4 Å². The summed E-state index contributed by atoms with van der Waals surface area (Å²) >= 11 is 5.85. The van der Waals surface area contributed by atoms with Gasteiger partial charge in [-0.2, -0.15) is 10.2 Å². The number of hydrogen-bond donors (Lipinski definition) is 1. The van der Waals surface area contributed by atoms with Crippen molar-refractivity contribution in [2.75, 3.05) is 5.32 Å². The predicted octanol–water partition coefficient (Wildman–Crippen LogP) is 2.33. The van der Waals surface area contributed by atoms with E-state index in [1.54, 1.807) is 23.0 Å². The number of nitrogens with one attached hydrogen (secondary N) is 1. The third-order valence-corrected chi connectivity index (χ3v) is 3.56. The third-order valence-electron chi connectivity index (χ3n) is 3.31. The molecule has 0 saturated heterocycles. The molecule has 0 radical (unpaired) electrons. The van der Waals surface area contributed by atoms with Crippen LogP contribution in [0.3, 0.4) is 0 Å². The Morgan fingerprint density at radius 2 is 1.88 bits per heavy atom. The molecule has 0 aliphatic heterocycles. The second-order valence-corrected chi connectivity index (χ2v) is 5.69. The van der Waals surface area contributed by atoms with Crippen molar-refractivity contribution >= 4 is 28.9 Å². The van der Waals surface area contributed by atoms with Crippen LogP contribution in [0.2, 0.25) is 5.02 Å². The van der Waals surface area contributed by atoms with Crippen LogP contribution in [-0.4, -0.2) is 30.4 Å². The first-order chi connectivity index (χ1) is 12.0. The summed E-state index contributed by atoms with van der Waals surface area (Å²) in [6.07, 6.45) is 5.51. The molecule has 0 aliphatic carbocycles. The Bertz CT molecular complexity index is 902. The van der Waals surface area contributed by atoms with Crippen molar-refractivity contribution in [2.45, 2.75) is 13.1 Å². The number of halogens is 1. The number of benzene rings is 1. The summed E-state index contributed by atoms with van der Waals surface area (Å²) in [7, 11) is 0. The van der Waals surface area contributed by atoms with Gasteiger partial charge in [-0.15, -0.1) is 0 Å². The first kappa shape index (κ1) is 16.7. The largest absolute Gasteiger partial charge is 0.322 e. The van der Waals surface area contributed by atoms with E-state index in [0.29, 0.717) is 17.3 Å². The lowest BCUT2D eigenvalue weighted by molar-refractivity contribution is -0.385. The van der Waals surface area contributed by atoms with Gasteiger partial charge in [0.15, 0.2) is 0 Å². The molecule has 1 N–H and O–H groups in total. The molecule has 2 aromatic heterocycles. The zero-order valence-electron chi connectivity index (χ0n) is 12.9. The van der Waals surface area contributed by atoms with Crippen LogP contribution in [0, 0.1) is 10.1 Å². The molecule has 1 amide bonds. The van der Waals surface area contributed by atoms with Crippen LogP contribution in [0.15, 0.2) is 49.1 Å². The molecule has 0 bridgehead atoms. The highest BCUT2D eigenvalue weighted by Gasteiger charge is 2.12. The van der Waals surface area contributed by atoms with Crippen molar-refractivity contribution in [1.29, 1.82) is 0 Å². The number of amides is 1. The predicted molar refractivity (Wildman–Crippen MR) is 90.3 cm³/mol. The van der Waals surface area contributed by atoms with Gasteiger partial charge in [-0.1, -0.05) is 23.7 Å². The number of nitrogens with zero attached hydrogens (tertiary/aromatic N) is 5. The summed E-state index contributed by atoms with van der Waals surface area (Å²) in [6.45, 7) is 0.411. The monoisotopic (exact) mass is 360 g/mol. The lowest BCUT2D eigenvalue weighted by Crippen LogP contribution is -2.18. The Balaban J connectivity index is 1.57. The highest BCUT2D eigenvalue weighted by atomic mass is 35.5. The van der Waals surface area contributed by atoms with Gasteiger partial charge in [0.2, 0.25) is 5.91 Å². The topological polar surface area (TPSA) is 108 Å². The highest BCUT2D eigenvalue weighted by molar-refractivity contribution is 6.30. The summed E-state index contributed by atoms with van der Waals surface area (Å²) in [5, 5.41) is 21.9. The average Bonchev–Trinajstić information content (AvgIpc) is 3.19. The summed E-state index contributed by atoms with van der Waals surface area (Å²) in [6, 6.07) is 7.39. The lowest BCUT2D eigenvalue weighted by Gasteiger charge is -2.03. The summed E-state index contributed by atoms with van der Waals surface area (Å²) < 4.78 is 2.88. The standard InChI is InChI=1S/C15H13ClN6O3/c16-12-3-1-11(2-4-12)7-20-8-13(5-17-20)19-15(23)10-21-9-14(6-18-21)22(24)25/h1-6,8-9H,7,10H2,(H,19,23). The molecule has 25 heavy (non-hydrogen) atoms. The van der Waals surface area contributed by atoms with Gasteiger partial charge in [-0.05, 0) is 17.7 Å². The number of anilines is 1. The molecule has 0 fully saturated rings. The fourth-order valence-electron chi connectivity index (χ4n) is 2.17. The van der Waals surface area contributed by atoms with E-state index in [-0.39, 0.29) is 18.1 Å². The molecule has 2 heterocycles. The molecular formula is C15H13ClN6O3. The van der Waals surface area contributed by atoms with Crippen molar-refractivity contribution in [3.8, 4) is 0 Å². The molecule has 0 spiro atoms. The van der Waals surface area contributed by atoms with Crippen molar-refractivity contribution in [2.24, 2.45) is 0 Å². The van der Waals surface area contributed by atoms with Gasteiger partial charge in [0.05, 0.1) is 23.4 Å². The SMILES string of the molecule is O=C(Cn1cc([N+](=O)[O-])cn1)Nc1cnn(Cc2ccc(Cl)cc2)c1. The van der Waals surface area contributed by atoms with Crippen molar-refractivity contribution < 1.29 is 9.72 Å². The van der Waals surface area contributed by atoms with Crippen LogP contribution in [-0.2, 0) is 17.9 Å². The maximum absolute atomic E-state index is 12.0. The quantitative estimate of drug-likeness (QED) is 0.536. The normalized spacial score (nSPS) is 10.6. The second-order valence-electron chi connectivity index (χ2n) is 5.25. The van der Waals surface area contributed by atoms with E-state index < -0.39 is 4.92 Å². The number of aromatic nitrogens is 4. The van der Waals surface area contributed by atoms with Gasteiger partial charge in [0.25, 0.3) is 0 Å². The van der Waals surface area contributed by atoms with Crippen LogP contribution in [0.1, 0.15) is 5.56 Å². The van der Waals surface area contributed by atoms with Crippen LogP contribution >= 0.6 is 11.6 Å². The number of nitro groups is 1. The van der Waals surface area contributed by atoms with E-state index in [1.165, 1.54) is 17.1 Å². The zero-order chi connectivity index (χ0) is 17.8. The van der Waals surface area contributed by atoms with E-state index >= 15 is 0 Å². The molecular weight excluding hydrogens is 348 g/mol. The van der Waals surface area contributed by atoms with Gasteiger partial charge in [0, 0.05) is 11.2 Å². The molecule has 10 heteroatoms. The molecule has 3 aromatic rings. The first-order valence-electron chi connectivity index (χ1n) is 7.23. The lowest BCUT2D eigenvalue weighted by atomic mass is 10.2. The Morgan fingerprint density at radius 1 is 1.16 bits per heavy atom. The van der Waals surface area contributed by atoms with Crippen LogP contribution < -0.4 is 5.32 Å². The molecule has 0 aliphatic rings. The minimum absolute atomic E-state index is 0.129. The van der Waals surface area contributed by atoms with Crippen LogP contribution in [0.25, 0.3) is 0 Å². The summed E-state index contributed by atoms with van der Waals surface area (Å²) in [5.74, 6) is -0.357. The molecule has 0 atom stereocenters. The molecule has 1 aromatic carbocycles. The summed E-state index contributed by atoms with van der Waals surface area (Å²) in [5.41, 5.74) is 1.39. The van der Waals surface area contributed by atoms with E-state index in [0.717, 1.165) is 11.8 Å². The maximum Gasteiger partial charge on any atom is 0.307 e. The average molecular weight is 361 g/mol.